The molecule has 0 spiro atoms. The molecule has 0 aromatic carbocycles. The monoisotopic (exact) mass is 316 g/mol. The van der Waals surface area contributed by atoms with Crippen LogP contribution in [0.5, 0.6) is 0 Å². The molecule has 23 heavy (non-hydrogen) atoms. The van der Waals surface area contributed by atoms with Gasteiger partial charge in [-0.15, -0.1) is 0 Å². The molecule has 2 aromatic rings. The van der Waals surface area contributed by atoms with E-state index < -0.39 is 0 Å². The van der Waals surface area contributed by atoms with Crippen LogP contribution in [0, 0.1) is 0 Å². The van der Waals surface area contributed by atoms with Crippen molar-refractivity contribution in [3.63, 3.8) is 0 Å². The minimum absolute atomic E-state index is 0.0991. The average Bonchev–Trinajstić information content (AvgIpc) is 2.99. The molecule has 0 aliphatic carbocycles. The number of aromatic nitrogens is 3. The summed E-state index contributed by atoms with van der Waals surface area (Å²) in [5.74, 6) is 0.629. The zero-order valence-electron chi connectivity index (χ0n) is 13.5. The van der Waals surface area contributed by atoms with Crippen LogP contribution in [0.4, 0.5) is 5.82 Å². The number of amides is 1. The van der Waals surface area contributed by atoms with Gasteiger partial charge in [0.1, 0.15) is 11.3 Å². The number of nitrogens with zero attached hydrogens (tertiary/aromatic N) is 2. The third-order valence-corrected chi connectivity index (χ3v) is 4.13. The van der Waals surface area contributed by atoms with E-state index >= 15 is 0 Å². The number of H-pyrrole nitrogens is 1. The molecule has 0 saturated carbocycles. The lowest BCUT2D eigenvalue weighted by molar-refractivity contribution is 0.0954. The van der Waals surface area contributed by atoms with E-state index in [2.05, 4.69) is 37.8 Å². The molecule has 2 aromatic heterocycles. The van der Waals surface area contributed by atoms with Gasteiger partial charge in [-0.25, -0.2) is 9.97 Å². The molecule has 0 atom stereocenters. The van der Waals surface area contributed by atoms with Crippen molar-refractivity contribution in [2.24, 2.45) is 0 Å². The van der Waals surface area contributed by atoms with Gasteiger partial charge in [0.15, 0.2) is 5.65 Å². The Morgan fingerprint density at radius 1 is 1.39 bits per heavy atom. The van der Waals surface area contributed by atoms with Crippen LogP contribution in [0.15, 0.2) is 12.4 Å². The van der Waals surface area contributed by atoms with Gasteiger partial charge in [0.05, 0.1) is 11.8 Å². The lowest BCUT2D eigenvalue weighted by atomic mass is 10.1. The Kier molecular flexibility index (Phi) is 5.07. The second-order valence-corrected chi connectivity index (χ2v) is 5.93. The van der Waals surface area contributed by atoms with Crippen LogP contribution in [0.2, 0.25) is 0 Å². The second kappa shape index (κ2) is 7.41. The first-order valence-corrected chi connectivity index (χ1v) is 8.37. The number of unbranched alkanes of at least 4 members (excludes halogenated alkanes) is 1. The largest absolute Gasteiger partial charge is 0.366 e. The first kappa shape index (κ1) is 15.7. The van der Waals surface area contributed by atoms with Gasteiger partial charge in [-0.05, 0) is 32.4 Å². The van der Waals surface area contributed by atoms with Crippen molar-refractivity contribution >= 4 is 22.9 Å². The van der Waals surface area contributed by atoms with Crippen molar-refractivity contribution < 1.29 is 4.79 Å². The molecule has 4 N–H and O–H groups in total. The third kappa shape index (κ3) is 3.79. The molecule has 7 heteroatoms. The maximum atomic E-state index is 12.3. The summed E-state index contributed by atoms with van der Waals surface area (Å²) in [7, 11) is 0. The summed E-state index contributed by atoms with van der Waals surface area (Å²) in [6.45, 7) is 4.82. The normalized spacial score (nSPS) is 15.7. The maximum Gasteiger partial charge on any atom is 0.255 e. The van der Waals surface area contributed by atoms with E-state index in [1.165, 1.54) is 0 Å². The molecule has 1 fully saturated rings. The summed E-state index contributed by atoms with van der Waals surface area (Å²) in [6.07, 6.45) is 7.56. The number of carbonyl (C=O) groups is 1. The molecule has 0 radical (unpaired) electrons. The highest BCUT2D eigenvalue weighted by molar-refractivity contribution is 6.04. The van der Waals surface area contributed by atoms with Gasteiger partial charge in [-0.3, -0.25) is 4.79 Å². The summed E-state index contributed by atoms with van der Waals surface area (Å²) in [6, 6.07) is 0.406. The highest BCUT2D eigenvalue weighted by atomic mass is 16.1. The number of nitrogens with one attached hydrogen (secondary N) is 4. The van der Waals surface area contributed by atoms with E-state index in [9.17, 15) is 4.79 Å². The topological polar surface area (TPSA) is 94.7 Å². The fraction of sp³-hybridized carbons (Fsp3) is 0.562. The Balaban J connectivity index is 1.75. The van der Waals surface area contributed by atoms with Gasteiger partial charge in [-0.2, -0.15) is 0 Å². The van der Waals surface area contributed by atoms with Crippen LogP contribution < -0.4 is 16.0 Å². The molecule has 1 aliphatic rings. The van der Waals surface area contributed by atoms with Crippen LogP contribution >= 0.6 is 0 Å². The molecule has 3 rings (SSSR count). The fourth-order valence-electron chi connectivity index (χ4n) is 2.78. The molecule has 7 nitrogen and oxygen atoms in total. The van der Waals surface area contributed by atoms with Crippen molar-refractivity contribution in [2.75, 3.05) is 25.0 Å². The number of carbonyl (C=O) groups excluding carboxylic acids is 1. The van der Waals surface area contributed by atoms with E-state index in [-0.39, 0.29) is 5.91 Å². The molecule has 1 amide bonds. The van der Waals surface area contributed by atoms with Gasteiger partial charge < -0.3 is 20.9 Å². The predicted octanol–water partition coefficient (Wildman–Crippen LogP) is 1.65. The molecule has 1 aliphatic heterocycles. The molecule has 0 bridgehead atoms. The minimum Gasteiger partial charge on any atom is -0.366 e. The molecule has 0 unspecified atom stereocenters. The number of fused-ring (bicyclic) bond motifs is 1. The van der Waals surface area contributed by atoms with Crippen molar-refractivity contribution in [1.82, 2.24) is 25.6 Å². The van der Waals surface area contributed by atoms with Crippen LogP contribution in [0.25, 0.3) is 11.2 Å². The van der Waals surface area contributed by atoms with Crippen LogP contribution in [-0.4, -0.2) is 46.5 Å². The number of hydrogen-bond donors (Lipinski definition) is 4. The van der Waals surface area contributed by atoms with Gasteiger partial charge >= 0.3 is 0 Å². The summed E-state index contributed by atoms with van der Waals surface area (Å²) in [5.41, 5.74) is 1.82. The Morgan fingerprint density at radius 2 is 2.22 bits per heavy atom. The van der Waals surface area contributed by atoms with Crippen LogP contribution in [0.3, 0.4) is 0 Å². The van der Waals surface area contributed by atoms with E-state index in [0.29, 0.717) is 29.3 Å². The Morgan fingerprint density at radius 3 is 3.00 bits per heavy atom. The zero-order chi connectivity index (χ0) is 16.1. The zero-order valence-corrected chi connectivity index (χ0v) is 13.5. The minimum atomic E-state index is -0.0991. The number of piperidine rings is 1. The number of aromatic amines is 1. The van der Waals surface area contributed by atoms with E-state index in [1.807, 2.05) is 0 Å². The molecule has 124 valence electrons. The smallest absolute Gasteiger partial charge is 0.255 e. The van der Waals surface area contributed by atoms with Crippen molar-refractivity contribution in [3.05, 3.63) is 18.0 Å². The molecule has 3 heterocycles. The summed E-state index contributed by atoms with van der Waals surface area (Å²) < 4.78 is 0. The van der Waals surface area contributed by atoms with Crippen molar-refractivity contribution in [1.29, 1.82) is 0 Å². The lowest BCUT2D eigenvalue weighted by Gasteiger charge is -2.23. The highest BCUT2D eigenvalue weighted by Crippen LogP contribution is 2.18. The third-order valence-electron chi connectivity index (χ3n) is 4.13. The first-order valence-electron chi connectivity index (χ1n) is 8.37. The summed E-state index contributed by atoms with van der Waals surface area (Å²) >= 11 is 0. The van der Waals surface area contributed by atoms with Crippen LogP contribution in [-0.2, 0) is 0 Å². The van der Waals surface area contributed by atoms with Crippen LogP contribution in [0.1, 0.15) is 43.0 Å². The molecular formula is C16H24N6O. The summed E-state index contributed by atoms with van der Waals surface area (Å²) in [4.78, 5) is 24.2. The number of anilines is 1. The molecular weight excluding hydrogens is 292 g/mol. The number of rotatable bonds is 6. The van der Waals surface area contributed by atoms with Gasteiger partial charge in [0.2, 0.25) is 0 Å². The van der Waals surface area contributed by atoms with Gasteiger partial charge in [0, 0.05) is 18.8 Å². The van der Waals surface area contributed by atoms with E-state index in [1.54, 1.807) is 12.4 Å². The second-order valence-electron chi connectivity index (χ2n) is 5.93. The lowest BCUT2D eigenvalue weighted by Crippen LogP contribution is -2.35. The summed E-state index contributed by atoms with van der Waals surface area (Å²) in [5, 5.41) is 9.69. The average molecular weight is 316 g/mol. The Labute approximate surface area is 135 Å². The standard InChI is InChI=1S/C16H24N6O/c1-2-3-6-18-16(23)12-9-19-15-14(12)22-13(10-20-15)21-11-4-7-17-8-5-11/h9-11,17H,2-8H2,1H3,(H,18,23)(H,19,20)(H,21,22). The molecule has 1 saturated heterocycles. The van der Waals surface area contributed by atoms with E-state index in [0.717, 1.165) is 44.6 Å². The first-order chi connectivity index (χ1) is 11.3. The SMILES string of the molecule is CCCCNC(=O)c1c[nH]c2ncc(NC3CCNCC3)nc12. The predicted molar refractivity (Wildman–Crippen MR) is 90.6 cm³/mol. The van der Waals surface area contributed by atoms with E-state index in [4.69, 9.17) is 0 Å². The van der Waals surface area contributed by atoms with Crippen molar-refractivity contribution in [2.45, 2.75) is 38.6 Å². The Bertz CT molecular complexity index is 662. The maximum absolute atomic E-state index is 12.3. The van der Waals surface area contributed by atoms with Gasteiger partial charge in [-0.1, -0.05) is 13.3 Å². The van der Waals surface area contributed by atoms with Gasteiger partial charge in [0.25, 0.3) is 5.91 Å². The highest BCUT2D eigenvalue weighted by Gasteiger charge is 2.17. The van der Waals surface area contributed by atoms with Crippen molar-refractivity contribution in [3.8, 4) is 0 Å². The fourth-order valence-corrected chi connectivity index (χ4v) is 2.78. The Hall–Kier alpha value is -2.15. The quantitative estimate of drug-likeness (QED) is 0.608. The number of hydrogen-bond acceptors (Lipinski definition) is 5.